The predicted octanol–water partition coefficient (Wildman–Crippen LogP) is 2.43. The van der Waals surface area contributed by atoms with Gasteiger partial charge in [-0.05, 0) is 37.8 Å². The van der Waals surface area contributed by atoms with E-state index in [1.807, 2.05) is 0 Å². The van der Waals surface area contributed by atoms with Gasteiger partial charge in [-0.2, -0.15) is 0 Å². The van der Waals surface area contributed by atoms with E-state index in [9.17, 15) is 18.4 Å². The van der Waals surface area contributed by atoms with E-state index in [4.69, 9.17) is 0 Å². The number of rotatable bonds is 3. The molecule has 6 heteroatoms. The van der Waals surface area contributed by atoms with Gasteiger partial charge in [-0.15, -0.1) is 0 Å². The van der Waals surface area contributed by atoms with E-state index in [1.165, 1.54) is 19.2 Å². The fraction of sp³-hybridized carbons (Fsp3) is 0.467. The van der Waals surface area contributed by atoms with Gasteiger partial charge in [0.05, 0.1) is 18.6 Å². The summed E-state index contributed by atoms with van der Waals surface area (Å²) < 4.78 is 31.3. The third-order valence-electron chi connectivity index (χ3n) is 3.79. The second-order valence-electron chi connectivity index (χ2n) is 5.15. The lowest BCUT2D eigenvalue weighted by atomic mass is 9.86. The Balaban J connectivity index is 1.93. The standard InChI is InChI=1S/C15H17F2NO3/c1-21-15(20)9-5-7-10(8-6-9)18-14(19)11-3-2-4-12(16)13(11)17/h2-4,9-10H,5-8H2,1H3,(H,18,19). The van der Waals surface area contributed by atoms with Crippen molar-refractivity contribution in [3.8, 4) is 0 Å². The molecule has 0 unspecified atom stereocenters. The highest BCUT2D eigenvalue weighted by molar-refractivity contribution is 5.94. The number of benzene rings is 1. The van der Waals surface area contributed by atoms with E-state index in [-0.39, 0.29) is 23.5 Å². The number of carbonyl (C=O) groups excluding carboxylic acids is 2. The van der Waals surface area contributed by atoms with E-state index in [0.29, 0.717) is 25.7 Å². The topological polar surface area (TPSA) is 55.4 Å². The lowest BCUT2D eigenvalue weighted by Gasteiger charge is -2.27. The summed E-state index contributed by atoms with van der Waals surface area (Å²) in [4.78, 5) is 23.3. The highest BCUT2D eigenvalue weighted by Gasteiger charge is 2.28. The molecule has 1 amide bonds. The smallest absolute Gasteiger partial charge is 0.308 e. The number of esters is 1. The molecule has 1 fully saturated rings. The molecule has 0 spiro atoms. The van der Waals surface area contributed by atoms with Gasteiger partial charge in [-0.1, -0.05) is 6.07 Å². The van der Waals surface area contributed by atoms with Gasteiger partial charge in [0.25, 0.3) is 5.91 Å². The normalized spacial score (nSPS) is 21.7. The largest absolute Gasteiger partial charge is 0.469 e. The van der Waals surface area contributed by atoms with Gasteiger partial charge < -0.3 is 10.1 Å². The number of halogens is 2. The zero-order valence-electron chi connectivity index (χ0n) is 11.7. The third-order valence-corrected chi connectivity index (χ3v) is 3.79. The number of ether oxygens (including phenoxy) is 1. The second kappa shape index (κ2) is 6.65. The Bertz CT molecular complexity index is 540. The summed E-state index contributed by atoms with van der Waals surface area (Å²) >= 11 is 0. The van der Waals surface area contributed by atoms with Crippen LogP contribution in [0.15, 0.2) is 18.2 Å². The summed E-state index contributed by atoms with van der Waals surface area (Å²) in [5.41, 5.74) is -0.301. The molecule has 0 radical (unpaired) electrons. The summed E-state index contributed by atoms with van der Waals surface area (Å²) in [7, 11) is 1.35. The van der Waals surface area contributed by atoms with Crippen LogP contribution in [0.2, 0.25) is 0 Å². The molecule has 0 heterocycles. The number of hydrogen-bond donors (Lipinski definition) is 1. The number of amides is 1. The van der Waals surface area contributed by atoms with Gasteiger partial charge in [-0.3, -0.25) is 9.59 Å². The minimum Gasteiger partial charge on any atom is -0.469 e. The lowest BCUT2D eigenvalue weighted by Crippen LogP contribution is -2.39. The van der Waals surface area contributed by atoms with Crippen LogP contribution in [0.25, 0.3) is 0 Å². The highest BCUT2D eigenvalue weighted by atomic mass is 19.2. The maximum absolute atomic E-state index is 13.5. The molecule has 0 aliphatic heterocycles. The Kier molecular flexibility index (Phi) is 4.88. The zero-order valence-corrected chi connectivity index (χ0v) is 11.7. The summed E-state index contributed by atoms with van der Waals surface area (Å²) in [5.74, 6) is -3.20. The van der Waals surface area contributed by atoms with Gasteiger partial charge in [0.1, 0.15) is 0 Å². The monoisotopic (exact) mass is 297 g/mol. The Hall–Kier alpha value is -1.98. The summed E-state index contributed by atoms with van der Waals surface area (Å²) in [6.07, 6.45) is 2.46. The fourth-order valence-corrected chi connectivity index (χ4v) is 2.58. The van der Waals surface area contributed by atoms with Crippen molar-refractivity contribution >= 4 is 11.9 Å². The molecule has 0 atom stereocenters. The molecule has 0 aromatic heterocycles. The number of hydrogen-bond acceptors (Lipinski definition) is 3. The fourth-order valence-electron chi connectivity index (χ4n) is 2.58. The molecule has 1 N–H and O–H groups in total. The van der Waals surface area contributed by atoms with Crippen LogP contribution in [-0.4, -0.2) is 25.0 Å². The Morgan fingerprint density at radius 2 is 1.86 bits per heavy atom. The van der Waals surface area contributed by atoms with Crippen LogP contribution >= 0.6 is 0 Å². The first-order chi connectivity index (χ1) is 10.0. The first kappa shape index (κ1) is 15.4. The van der Waals surface area contributed by atoms with Crippen LogP contribution in [0, 0.1) is 17.6 Å². The second-order valence-corrected chi connectivity index (χ2v) is 5.15. The van der Waals surface area contributed by atoms with Crippen molar-refractivity contribution < 1.29 is 23.1 Å². The molecule has 2 rings (SSSR count). The van der Waals surface area contributed by atoms with E-state index in [1.54, 1.807) is 0 Å². The molecule has 0 saturated heterocycles. The average molecular weight is 297 g/mol. The van der Waals surface area contributed by atoms with Crippen molar-refractivity contribution in [2.75, 3.05) is 7.11 Å². The molecular formula is C15H17F2NO3. The predicted molar refractivity (Wildman–Crippen MR) is 71.6 cm³/mol. The number of carbonyl (C=O) groups is 2. The maximum atomic E-state index is 13.5. The van der Waals surface area contributed by atoms with Crippen LogP contribution in [0.3, 0.4) is 0 Å². The molecule has 0 bridgehead atoms. The summed E-state index contributed by atoms with van der Waals surface area (Å²) in [6, 6.07) is 3.37. The third kappa shape index (κ3) is 3.56. The van der Waals surface area contributed by atoms with Crippen LogP contribution in [-0.2, 0) is 9.53 Å². The minimum atomic E-state index is -1.14. The van der Waals surface area contributed by atoms with Crippen molar-refractivity contribution in [2.24, 2.45) is 5.92 Å². The van der Waals surface area contributed by atoms with E-state index >= 15 is 0 Å². The van der Waals surface area contributed by atoms with Crippen LogP contribution < -0.4 is 5.32 Å². The highest BCUT2D eigenvalue weighted by Crippen LogP contribution is 2.25. The Morgan fingerprint density at radius 1 is 1.19 bits per heavy atom. The van der Waals surface area contributed by atoms with Crippen LogP contribution in [0.4, 0.5) is 8.78 Å². The van der Waals surface area contributed by atoms with E-state index in [2.05, 4.69) is 10.1 Å². The average Bonchev–Trinajstić information content (AvgIpc) is 2.50. The van der Waals surface area contributed by atoms with Crippen LogP contribution in [0.5, 0.6) is 0 Å². The van der Waals surface area contributed by atoms with Crippen molar-refractivity contribution in [3.63, 3.8) is 0 Å². The Morgan fingerprint density at radius 3 is 2.48 bits per heavy atom. The Labute approximate surface area is 121 Å². The first-order valence-electron chi connectivity index (χ1n) is 6.85. The first-order valence-corrected chi connectivity index (χ1v) is 6.85. The minimum absolute atomic E-state index is 0.138. The SMILES string of the molecule is COC(=O)C1CCC(NC(=O)c2cccc(F)c2F)CC1. The molecule has 1 saturated carbocycles. The summed E-state index contributed by atoms with van der Waals surface area (Å²) in [6.45, 7) is 0. The van der Waals surface area contributed by atoms with E-state index in [0.717, 1.165) is 6.07 Å². The molecule has 1 aliphatic carbocycles. The molecular weight excluding hydrogens is 280 g/mol. The van der Waals surface area contributed by atoms with Crippen LogP contribution in [0.1, 0.15) is 36.0 Å². The van der Waals surface area contributed by atoms with Crippen molar-refractivity contribution in [1.29, 1.82) is 0 Å². The van der Waals surface area contributed by atoms with Gasteiger partial charge in [0.15, 0.2) is 11.6 Å². The molecule has 1 aliphatic rings. The number of methoxy groups -OCH3 is 1. The van der Waals surface area contributed by atoms with Crippen molar-refractivity contribution in [3.05, 3.63) is 35.4 Å². The molecule has 21 heavy (non-hydrogen) atoms. The quantitative estimate of drug-likeness (QED) is 0.872. The van der Waals surface area contributed by atoms with Crippen molar-refractivity contribution in [2.45, 2.75) is 31.7 Å². The zero-order chi connectivity index (χ0) is 15.4. The molecule has 114 valence electrons. The van der Waals surface area contributed by atoms with E-state index < -0.39 is 17.5 Å². The maximum Gasteiger partial charge on any atom is 0.308 e. The van der Waals surface area contributed by atoms with Gasteiger partial charge in [0.2, 0.25) is 0 Å². The van der Waals surface area contributed by atoms with Crippen molar-refractivity contribution in [1.82, 2.24) is 5.32 Å². The summed E-state index contributed by atoms with van der Waals surface area (Å²) in [5, 5.41) is 2.68. The van der Waals surface area contributed by atoms with Gasteiger partial charge in [0, 0.05) is 6.04 Å². The van der Waals surface area contributed by atoms with Gasteiger partial charge >= 0.3 is 5.97 Å². The lowest BCUT2D eigenvalue weighted by molar-refractivity contribution is -0.146. The number of nitrogens with one attached hydrogen (secondary N) is 1. The molecule has 1 aromatic rings. The van der Waals surface area contributed by atoms with Gasteiger partial charge in [-0.25, -0.2) is 8.78 Å². The molecule has 1 aromatic carbocycles. The molecule has 4 nitrogen and oxygen atoms in total.